The monoisotopic (exact) mass is 533 g/mol. The van der Waals surface area contributed by atoms with Crippen LogP contribution in [0.2, 0.25) is 10.0 Å². The normalized spacial score (nSPS) is 15.6. The summed E-state index contributed by atoms with van der Waals surface area (Å²) in [6.45, 7) is 9.12. The van der Waals surface area contributed by atoms with Gasteiger partial charge in [0.15, 0.2) is 0 Å². The van der Waals surface area contributed by atoms with Gasteiger partial charge in [-0.05, 0) is 49.6 Å². The van der Waals surface area contributed by atoms with Crippen molar-refractivity contribution in [2.75, 3.05) is 44.7 Å². The van der Waals surface area contributed by atoms with Gasteiger partial charge in [0.25, 0.3) is 0 Å². The summed E-state index contributed by atoms with van der Waals surface area (Å²) in [6, 6.07) is 9.24. The number of hydrogen-bond acceptors (Lipinski definition) is 5. The van der Waals surface area contributed by atoms with Gasteiger partial charge in [-0.25, -0.2) is 4.98 Å². The maximum Gasteiger partial charge on any atom is 0.234 e. The molecule has 0 bridgehead atoms. The summed E-state index contributed by atoms with van der Waals surface area (Å²) < 4.78 is 0. The van der Waals surface area contributed by atoms with E-state index in [9.17, 15) is 9.59 Å². The number of halogens is 2. The van der Waals surface area contributed by atoms with Crippen LogP contribution in [0.1, 0.15) is 44.4 Å². The second kappa shape index (κ2) is 13.3. The lowest BCUT2D eigenvalue weighted by molar-refractivity contribution is -0.135. The molecule has 7 nitrogen and oxygen atoms in total. The molecular weight excluding hydrogens is 497 g/mol. The van der Waals surface area contributed by atoms with E-state index in [0.29, 0.717) is 48.6 Å². The third-order valence-corrected chi connectivity index (χ3v) is 7.01. The van der Waals surface area contributed by atoms with Crippen LogP contribution >= 0.6 is 23.2 Å². The van der Waals surface area contributed by atoms with Crippen molar-refractivity contribution >= 4 is 40.8 Å². The zero-order valence-corrected chi connectivity index (χ0v) is 23.1. The van der Waals surface area contributed by atoms with E-state index in [4.69, 9.17) is 28.2 Å². The van der Waals surface area contributed by atoms with Crippen molar-refractivity contribution in [2.24, 2.45) is 11.8 Å². The molecule has 1 saturated heterocycles. The van der Waals surface area contributed by atoms with Gasteiger partial charge in [0, 0.05) is 53.9 Å². The lowest BCUT2D eigenvalue weighted by Gasteiger charge is -2.38. The largest absolute Gasteiger partial charge is 0.353 e. The van der Waals surface area contributed by atoms with Crippen LogP contribution in [-0.2, 0) is 16.0 Å². The highest BCUT2D eigenvalue weighted by molar-refractivity contribution is 6.35. The molecule has 2 N–H and O–H groups in total. The van der Waals surface area contributed by atoms with Gasteiger partial charge < -0.3 is 20.4 Å². The smallest absolute Gasteiger partial charge is 0.234 e. The minimum atomic E-state index is -0.182. The number of carbonyl (C=O) groups excluding carboxylic acids is 2. The molecule has 1 fully saturated rings. The standard InChI is InChI=1S/C27H37Cl2N5O2/c1-18(2)14-24(32-25(35)17-30-4)22-6-5-9-31-26(22)33-10-12-34(13-11-33)27(36)19(3)15-20-7-8-21(28)16-23(20)29/h5-9,16,18-19,24,30H,10-15,17H2,1-4H3,(H,32,35)/t19?,24-/m0/s1. The highest BCUT2D eigenvalue weighted by Gasteiger charge is 2.28. The average molecular weight is 535 g/mol. The van der Waals surface area contributed by atoms with Crippen LogP contribution in [0.5, 0.6) is 0 Å². The highest BCUT2D eigenvalue weighted by Crippen LogP contribution is 2.30. The van der Waals surface area contributed by atoms with Crippen molar-refractivity contribution in [1.82, 2.24) is 20.5 Å². The number of likely N-dealkylation sites (N-methyl/N-ethyl adjacent to an activating group) is 1. The van der Waals surface area contributed by atoms with Gasteiger partial charge in [0.05, 0.1) is 12.6 Å². The molecule has 36 heavy (non-hydrogen) atoms. The van der Waals surface area contributed by atoms with Gasteiger partial charge >= 0.3 is 0 Å². The molecule has 2 amide bonds. The van der Waals surface area contributed by atoms with E-state index in [1.165, 1.54) is 0 Å². The molecule has 1 aromatic carbocycles. The van der Waals surface area contributed by atoms with Crippen LogP contribution in [0.15, 0.2) is 36.5 Å². The first-order valence-corrected chi connectivity index (χ1v) is 13.3. The molecular formula is C27H37Cl2N5O2. The Balaban J connectivity index is 1.67. The summed E-state index contributed by atoms with van der Waals surface area (Å²) in [6.07, 6.45) is 3.18. The topological polar surface area (TPSA) is 77.6 Å². The summed E-state index contributed by atoms with van der Waals surface area (Å²) in [5, 5.41) is 7.26. The Bertz CT molecular complexity index is 1040. The Kier molecular flexibility index (Phi) is 10.4. The maximum atomic E-state index is 13.2. The van der Waals surface area contributed by atoms with Crippen LogP contribution in [0.25, 0.3) is 0 Å². The molecule has 1 aliphatic heterocycles. The quantitative estimate of drug-likeness (QED) is 0.475. The molecule has 0 radical (unpaired) electrons. The Morgan fingerprint density at radius 3 is 2.44 bits per heavy atom. The minimum Gasteiger partial charge on any atom is -0.353 e. The van der Waals surface area contributed by atoms with Gasteiger partial charge in [-0.15, -0.1) is 0 Å². The Morgan fingerprint density at radius 2 is 1.81 bits per heavy atom. The first-order chi connectivity index (χ1) is 17.2. The first-order valence-electron chi connectivity index (χ1n) is 12.6. The number of benzene rings is 1. The number of aromatic nitrogens is 1. The van der Waals surface area contributed by atoms with Gasteiger partial charge in [-0.2, -0.15) is 0 Å². The summed E-state index contributed by atoms with van der Waals surface area (Å²) in [4.78, 5) is 34.4. The van der Waals surface area contributed by atoms with Crippen LogP contribution in [0, 0.1) is 11.8 Å². The van der Waals surface area contributed by atoms with E-state index in [-0.39, 0.29) is 30.3 Å². The lowest BCUT2D eigenvalue weighted by atomic mass is 9.96. The second-order valence-corrected chi connectivity index (χ2v) is 10.7. The van der Waals surface area contributed by atoms with Crippen LogP contribution in [0.3, 0.4) is 0 Å². The van der Waals surface area contributed by atoms with E-state index >= 15 is 0 Å². The second-order valence-electron chi connectivity index (χ2n) is 9.85. The number of carbonyl (C=O) groups is 2. The van der Waals surface area contributed by atoms with E-state index in [1.807, 2.05) is 30.0 Å². The van der Waals surface area contributed by atoms with Gasteiger partial charge in [-0.1, -0.05) is 56.1 Å². The van der Waals surface area contributed by atoms with Crippen molar-refractivity contribution in [3.05, 3.63) is 57.7 Å². The predicted molar refractivity (Wildman–Crippen MR) is 147 cm³/mol. The molecule has 2 aromatic rings. The molecule has 0 spiro atoms. The molecule has 1 unspecified atom stereocenters. The molecule has 196 valence electrons. The van der Waals surface area contributed by atoms with E-state index in [1.54, 1.807) is 25.4 Å². The maximum absolute atomic E-state index is 13.2. The molecule has 2 heterocycles. The number of nitrogens with one attached hydrogen (secondary N) is 2. The van der Waals surface area contributed by atoms with Gasteiger partial charge in [0.1, 0.15) is 5.82 Å². The SMILES string of the molecule is CNCC(=O)N[C@@H](CC(C)C)c1cccnc1N1CCN(C(=O)C(C)Cc2ccc(Cl)cc2Cl)CC1. The summed E-state index contributed by atoms with van der Waals surface area (Å²) >= 11 is 12.3. The number of piperazine rings is 1. The fourth-order valence-electron chi connectivity index (χ4n) is 4.64. The molecule has 0 aliphatic carbocycles. The third-order valence-electron chi connectivity index (χ3n) is 6.43. The van der Waals surface area contributed by atoms with E-state index in [0.717, 1.165) is 23.4 Å². The number of amides is 2. The number of nitrogens with zero attached hydrogens (tertiary/aromatic N) is 3. The molecule has 1 aliphatic rings. The Labute approximate surface area is 224 Å². The Morgan fingerprint density at radius 1 is 1.08 bits per heavy atom. The zero-order valence-electron chi connectivity index (χ0n) is 21.6. The minimum absolute atomic E-state index is 0.0388. The molecule has 9 heteroatoms. The molecule has 0 saturated carbocycles. The summed E-state index contributed by atoms with van der Waals surface area (Å²) in [5.74, 6) is 1.18. The number of anilines is 1. The van der Waals surface area contributed by atoms with Crippen LogP contribution < -0.4 is 15.5 Å². The number of rotatable bonds is 10. The van der Waals surface area contributed by atoms with Crippen molar-refractivity contribution < 1.29 is 9.59 Å². The number of pyridine rings is 1. The zero-order chi connectivity index (χ0) is 26.2. The van der Waals surface area contributed by atoms with E-state index in [2.05, 4.69) is 29.4 Å². The lowest BCUT2D eigenvalue weighted by Crippen LogP contribution is -2.51. The molecule has 1 aromatic heterocycles. The summed E-state index contributed by atoms with van der Waals surface area (Å²) in [7, 11) is 1.76. The summed E-state index contributed by atoms with van der Waals surface area (Å²) in [5.41, 5.74) is 1.94. The Hall–Kier alpha value is -2.35. The fourth-order valence-corrected chi connectivity index (χ4v) is 5.13. The average Bonchev–Trinajstić information content (AvgIpc) is 2.85. The van der Waals surface area contributed by atoms with Crippen molar-refractivity contribution in [3.63, 3.8) is 0 Å². The number of hydrogen-bond donors (Lipinski definition) is 2. The predicted octanol–water partition coefficient (Wildman–Crippen LogP) is 4.34. The van der Waals surface area contributed by atoms with Crippen molar-refractivity contribution in [2.45, 2.75) is 39.7 Å². The first kappa shape index (κ1) is 28.2. The fraction of sp³-hybridized carbons (Fsp3) is 0.519. The third kappa shape index (κ3) is 7.58. The highest BCUT2D eigenvalue weighted by atomic mass is 35.5. The molecule has 3 rings (SSSR count). The van der Waals surface area contributed by atoms with Crippen LogP contribution in [0.4, 0.5) is 5.82 Å². The van der Waals surface area contributed by atoms with Gasteiger partial charge in [0.2, 0.25) is 11.8 Å². The molecule has 2 atom stereocenters. The van der Waals surface area contributed by atoms with Crippen molar-refractivity contribution in [3.8, 4) is 0 Å². The van der Waals surface area contributed by atoms with Crippen molar-refractivity contribution in [1.29, 1.82) is 0 Å². The van der Waals surface area contributed by atoms with Crippen LogP contribution in [-0.4, -0.2) is 61.5 Å². The van der Waals surface area contributed by atoms with Gasteiger partial charge in [-0.3, -0.25) is 9.59 Å². The van der Waals surface area contributed by atoms with E-state index < -0.39 is 0 Å².